The Labute approximate surface area is 175 Å². The molecule has 0 atom stereocenters. The number of rotatable bonds is 4. The first kappa shape index (κ1) is 19.8. The number of piperidine rings is 1. The normalized spacial score (nSPS) is 14.5. The maximum absolute atomic E-state index is 12.8. The van der Waals surface area contributed by atoms with Crippen LogP contribution in [0.3, 0.4) is 0 Å². The number of carbonyl (C=O) groups is 2. The van der Waals surface area contributed by atoms with E-state index in [0.29, 0.717) is 24.3 Å². The molecular weight excluding hydrogens is 378 g/mol. The molecule has 4 rings (SSSR count). The number of H-pyrrole nitrogens is 1. The van der Waals surface area contributed by atoms with Gasteiger partial charge in [-0.25, -0.2) is 0 Å². The largest absolute Gasteiger partial charge is 0.339 e. The lowest BCUT2D eigenvalue weighted by Crippen LogP contribution is -2.38. The molecule has 2 amide bonds. The van der Waals surface area contributed by atoms with Gasteiger partial charge >= 0.3 is 0 Å². The number of benzene rings is 1. The summed E-state index contributed by atoms with van der Waals surface area (Å²) in [7, 11) is 1.75. The lowest BCUT2D eigenvalue weighted by atomic mass is 9.93. The zero-order valence-electron chi connectivity index (χ0n) is 17.2. The van der Waals surface area contributed by atoms with Crippen molar-refractivity contribution in [2.45, 2.75) is 25.7 Å². The van der Waals surface area contributed by atoms with E-state index < -0.39 is 0 Å². The van der Waals surface area contributed by atoms with Crippen LogP contribution in [0.1, 0.15) is 51.0 Å². The molecule has 1 saturated heterocycles. The van der Waals surface area contributed by atoms with Gasteiger partial charge in [0.1, 0.15) is 0 Å². The topological polar surface area (TPSA) is 82.2 Å². The van der Waals surface area contributed by atoms with Crippen molar-refractivity contribution >= 4 is 17.5 Å². The van der Waals surface area contributed by atoms with Crippen LogP contribution in [0.15, 0.2) is 54.7 Å². The van der Waals surface area contributed by atoms with E-state index in [1.54, 1.807) is 24.2 Å². The highest BCUT2D eigenvalue weighted by Crippen LogP contribution is 2.28. The van der Waals surface area contributed by atoms with Gasteiger partial charge in [-0.1, -0.05) is 18.2 Å². The van der Waals surface area contributed by atoms with E-state index in [4.69, 9.17) is 0 Å². The maximum atomic E-state index is 12.8. The van der Waals surface area contributed by atoms with Crippen LogP contribution in [-0.4, -0.2) is 52.0 Å². The highest BCUT2D eigenvalue weighted by Gasteiger charge is 2.27. The van der Waals surface area contributed by atoms with Gasteiger partial charge in [0.05, 0.1) is 5.56 Å². The molecule has 2 aromatic heterocycles. The first-order valence-electron chi connectivity index (χ1n) is 10.1. The van der Waals surface area contributed by atoms with Gasteiger partial charge in [-0.2, -0.15) is 5.10 Å². The Morgan fingerprint density at radius 1 is 1.10 bits per heavy atom. The van der Waals surface area contributed by atoms with E-state index in [-0.39, 0.29) is 17.7 Å². The number of aromatic nitrogens is 3. The lowest BCUT2D eigenvalue weighted by molar-refractivity contribution is 0.0710. The molecule has 30 heavy (non-hydrogen) atoms. The molecule has 0 bridgehead atoms. The van der Waals surface area contributed by atoms with E-state index in [1.165, 1.54) is 0 Å². The lowest BCUT2D eigenvalue weighted by Gasteiger charge is -2.31. The average molecular weight is 403 g/mol. The molecule has 7 heteroatoms. The van der Waals surface area contributed by atoms with Crippen molar-refractivity contribution in [1.29, 1.82) is 0 Å². The molecule has 0 radical (unpaired) electrons. The molecular formula is C23H25N5O2. The number of hydrogen-bond donors (Lipinski definition) is 1. The Hall–Kier alpha value is -3.48. The fraction of sp³-hybridized carbons (Fsp3) is 0.304. The van der Waals surface area contributed by atoms with E-state index >= 15 is 0 Å². The number of para-hydroxylation sites is 1. The predicted molar refractivity (Wildman–Crippen MR) is 115 cm³/mol. The molecule has 0 unspecified atom stereocenters. The summed E-state index contributed by atoms with van der Waals surface area (Å²) in [5, 5.41) is 7.28. The SMILES string of the molecule is Cc1ncccc1C(=O)N1CCC(c2cc(C(=O)N(C)c3ccccc3)n[nH]2)CC1. The number of likely N-dealkylation sites (tertiary alicyclic amines) is 1. The summed E-state index contributed by atoms with van der Waals surface area (Å²) >= 11 is 0. The first-order chi connectivity index (χ1) is 14.5. The Bertz CT molecular complexity index is 1040. The molecule has 1 aromatic carbocycles. The Morgan fingerprint density at radius 3 is 2.53 bits per heavy atom. The molecule has 3 aromatic rings. The van der Waals surface area contributed by atoms with Crippen LogP contribution in [0.2, 0.25) is 0 Å². The summed E-state index contributed by atoms with van der Waals surface area (Å²) in [4.78, 5) is 33.2. The number of carbonyl (C=O) groups excluding carboxylic acids is 2. The van der Waals surface area contributed by atoms with Gasteiger partial charge in [0.15, 0.2) is 5.69 Å². The highest BCUT2D eigenvalue weighted by atomic mass is 16.2. The third-order valence-electron chi connectivity index (χ3n) is 5.72. The average Bonchev–Trinajstić information content (AvgIpc) is 3.29. The molecule has 0 saturated carbocycles. The summed E-state index contributed by atoms with van der Waals surface area (Å²) in [6, 6.07) is 15.0. The van der Waals surface area contributed by atoms with Gasteiger partial charge in [-0.3, -0.25) is 19.7 Å². The molecule has 1 N–H and O–H groups in total. The molecule has 0 spiro atoms. The maximum Gasteiger partial charge on any atom is 0.278 e. The van der Waals surface area contributed by atoms with E-state index in [9.17, 15) is 9.59 Å². The van der Waals surface area contributed by atoms with Crippen molar-refractivity contribution < 1.29 is 9.59 Å². The van der Waals surface area contributed by atoms with Gasteiger partial charge in [-0.05, 0) is 50.1 Å². The minimum atomic E-state index is -0.150. The number of amides is 2. The van der Waals surface area contributed by atoms with Crippen molar-refractivity contribution in [3.8, 4) is 0 Å². The standard InChI is InChI=1S/C23H25N5O2/c1-16-19(9-6-12-24-16)22(29)28-13-10-17(11-14-28)20-15-21(26-25-20)23(30)27(2)18-7-4-3-5-8-18/h3-9,12,15,17H,10-11,13-14H2,1-2H3,(H,25,26). The van der Waals surface area contributed by atoms with Crippen molar-refractivity contribution in [2.24, 2.45) is 0 Å². The molecule has 3 heterocycles. The summed E-state index contributed by atoms with van der Waals surface area (Å²) in [5.41, 5.74) is 3.59. The van der Waals surface area contributed by atoms with Crippen LogP contribution in [0.4, 0.5) is 5.69 Å². The second-order valence-corrected chi connectivity index (χ2v) is 7.61. The number of nitrogens with zero attached hydrogens (tertiary/aromatic N) is 4. The highest BCUT2D eigenvalue weighted by molar-refractivity contribution is 6.04. The number of aryl methyl sites for hydroxylation is 1. The summed E-state index contributed by atoms with van der Waals surface area (Å²) in [6.07, 6.45) is 3.36. The van der Waals surface area contributed by atoms with Gasteiger partial charge in [-0.15, -0.1) is 0 Å². The van der Waals surface area contributed by atoms with Gasteiger partial charge < -0.3 is 9.80 Å². The molecule has 0 aliphatic carbocycles. The Kier molecular flexibility index (Phi) is 5.61. The van der Waals surface area contributed by atoms with Crippen molar-refractivity contribution in [3.05, 3.63) is 77.4 Å². The smallest absolute Gasteiger partial charge is 0.278 e. The second-order valence-electron chi connectivity index (χ2n) is 7.61. The molecule has 1 aliphatic heterocycles. The summed E-state index contributed by atoms with van der Waals surface area (Å²) < 4.78 is 0. The molecule has 154 valence electrons. The fourth-order valence-corrected chi connectivity index (χ4v) is 3.87. The Balaban J connectivity index is 1.39. The second kappa shape index (κ2) is 8.49. The number of hydrogen-bond acceptors (Lipinski definition) is 4. The van der Waals surface area contributed by atoms with Crippen LogP contribution in [-0.2, 0) is 0 Å². The summed E-state index contributed by atoms with van der Waals surface area (Å²) in [6.45, 7) is 3.20. The first-order valence-corrected chi connectivity index (χ1v) is 10.1. The minimum absolute atomic E-state index is 0.0315. The number of aromatic amines is 1. The van der Waals surface area contributed by atoms with Crippen LogP contribution >= 0.6 is 0 Å². The summed E-state index contributed by atoms with van der Waals surface area (Å²) in [5.74, 6) is 0.132. The van der Waals surface area contributed by atoms with Crippen molar-refractivity contribution in [3.63, 3.8) is 0 Å². The van der Waals surface area contributed by atoms with Crippen molar-refractivity contribution in [2.75, 3.05) is 25.0 Å². The van der Waals surface area contributed by atoms with Crippen LogP contribution in [0.5, 0.6) is 0 Å². The minimum Gasteiger partial charge on any atom is -0.339 e. The van der Waals surface area contributed by atoms with Gasteiger partial charge in [0.2, 0.25) is 0 Å². The zero-order valence-corrected chi connectivity index (χ0v) is 17.2. The molecule has 1 aliphatic rings. The third-order valence-corrected chi connectivity index (χ3v) is 5.72. The van der Waals surface area contributed by atoms with Gasteiger partial charge in [0.25, 0.3) is 11.8 Å². The van der Waals surface area contributed by atoms with Crippen molar-refractivity contribution in [1.82, 2.24) is 20.1 Å². The van der Waals surface area contributed by atoms with Crippen LogP contribution in [0, 0.1) is 6.92 Å². The van der Waals surface area contributed by atoms with E-state index in [2.05, 4.69) is 15.2 Å². The number of pyridine rings is 1. The fourth-order valence-electron chi connectivity index (χ4n) is 3.87. The van der Waals surface area contributed by atoms with Crippen LogP contribution in [0.25, 0.3) is 0 Å². The predicted octanol–water partition coefficient (Wildman–Crippen LogP) is 3.41. The van der Waals surface area contributed by atoms with E-state index in [1.807, 2.05) is 54.3 Å². The zero-order chi connectivity index (χ0) is 21.1. The van der Waals surface area contributed by atoms with E-state index in [0.717, 1.165) is 29.9 Å². The van der Waals surface area contributed by atoms with Gasteiger partial charge in [0, 0.05) is 49.3 Å². The third kappa shape index (κ3) is 3.96. The monoisotopic (exact) mass is 403 g/mol. The Morgan fingerprint density at radius 2 is 1.83 bits per heavy atom. The quantitative estimate of drug-likeness (QED) is 0.724. The number of anilines is 1. The molecule has 1 fully saturated rings. The van der Waals surface area contributed by atoms with Crippen LogP contribution < -0.4 is 4.90 Å². The molecule has 7 nitrogen and oxygen atoms in total. The number of nitrogens with one attached hydrogen (secondary N) is 1.